The number of hydrogen-bond donors (Lipinski definition) is 2. The number of unbranched alkanes of at least 4 members (excludes halogenated alkanes) is 5. The Morgan fingerprint density at radius 3 is 2.24 bits per heavy atom. The minimum atomic E-state index is -0.548. The number of hydrogen-bond acceptors (Lipinski definition) is 6. The summed E-state index contributed by atoms with van der Waals surface area (Å²) in [6, 6.07) is 0. The van der Waals surface area contributed by atoms with Gasteiger partial charge in [-0.1, -0.05) is 55.7 Å². The van der Waals surface area contributed by atoms with Gasteiger partial charge < -0.3 is 4.74 Å². The van der Waals surface area contributed by atoms with E-state index >= 15 is 0 Å². The highest BCUT2D eigenvalue weighted by Gasteiger charge is 2.12. The fraction of sp³-hybridized carbons (Fsp3) is 0.632. The third-order valence-electron chi connectivity index (χ3n) is 3.69. The minimum Gasteiger partial charge on any atom is -0.469 e. The predicted octanol–water partition coefficient (Wildman–Crippen LogP) is 4.69. The quantitative estimate of drug-likeness (QED) is 0.111. The van der Waals surface area contributed by atoms with Crippen LogP contribution in [0, 0.1) is 0 Å². The summed E-state index contributed by atoms with van der Waals surface area (Å²) in [5.41, 5.74) is 0. The summed E-state index contributed by atoms with van der Waals surface area (Å²) in [5.74, 6) is -0.137. The largest absolute Gasteiger partial charge is 0.469 e. The van der Waals surface area contributed by atoms with E-state index in [1.165, 1.54) is 7.11 Å². The average molecular weight is 356 g/mol. The van der Waals surface area contributed by atoms with Crippen molar-refractivity contribution in [2.24, 2.45) is 0 Å². The second-order valence-corrected chi connectivity index (χ2v) is 5.74. The normalized spacial score (nSPS) is 14.6. The van der Waals surface area contributed by atoms with E-state index in [2.05, 4.69) is 20.6 Å². The third kappa shape index (κ3) is 14.6. The van der Waals surface area contributed by atoms with Crippen LogP contribution in [0.5, 0.6) is 0 Å². The van der Waals surface area contributed by atoms with Gasteiger partial charge in [-0.05, 0) is 26.2 Å². The molecule has 0 saturated carbocycles. The highest BCUT2D eigenvalue weighted by atomic mass is 17.1. The van der Waals surface area contributed by atoms with E-state index in [-0.39, 0.29) is 5.97 Å². The fourth-order valence-electron chi connectivity index (χ4n) is 2.28. The number of carbonyl (C=O) groups excluding carboxylic acids is 1. The van der Waals surface area contributed by atoms with Crippen molar-refractivity contribution in [2.75, 3.05) is 7.11 Å². The highest BCUT2D eigenvalue weighted by molar-refractivity contribution is 5.68. The number of rotatable bonds is 15. The van der Waals surface area contributed by atoms with Crippen molar-refractivity contribution in [2.45, 2.75) is 70.5 Å². The second kappa shape index (κ2) is 17.4. The summed E-state index contributed by atoms with van der Waals surface area (Å²) in [6.45, 7) is 1.82. The fourth-order valence-corrected chi connectivity index (χ4v) is 2.28. The van der Waals surface area contributed by atoms with Gasteiger partial charge in [-0.15, -0.1) is 0 Å². The van der Waals surface area contributed by atoms with Gasteiger partial charge in [0.25, 0.3) is 0 Å². The maximum Gasteiger partial charge on any atom is 0.305 e. The van der Waals surface area contributed by atoms with E-state index in [0.717, 1.165) is 38.5 Å². The van der Waals surface area contributed by atoms with Crippen molar-refractivity contribution in [3.8, 4) is 0 Å². The van der Waals surface area contributed by atoms with Gasteiger partial charge in [-0.2, -0.15) is 0 Å². The zero-order valence-electron chi connectivity index (χ0n) is 15.3. The van der Waals surface area contributed by atoms with E-state index in [9.17, 15) is 4.79 Å². The van der Waals surface area contributed by atoms with Crippen LogP contribution < -0.4 is 0 Å². The molecule has 6 nitrogen and oxygen atoms in total. The number of ether oxygens (including phenoxy) is 1. The van der Waals surface area contributed by atoms with Crippen LogP contribution in [-0.4, -0.2) is 35.8 Å². The van der Waals surface area contributed by atoms with Crippen molar-refractivity contribution in [3.05, 3.63) is 36.5 Å². The van der Waals surface area contributed by atoms with Crippen LogP contribution in [0.3, 0.4) is 0 Å². The van der Waals surface area contributed by atoms with Gasteiger partial charge in [0.15, 0.2) is 0 Å². The van der Waals surface area contributed by atoms with Gasteiger partial charge in [0.05, 0.1) is 7.11 Å². The third-order valence-corrected chi connectivity index (χ3v) is 3.69. The Kier molecular flexibility index (Phi) is 16.3. The summed E-state index contributed by atoms with van der Waals surface area (Å²) in [4.78, 5) is 19.6. The number of allylic oxidation sites excluding steroid dienone is 4. The minimum absolute atomic E-state index is 0.137. The SMILES string of the molecule is C/C=C/C(CC(/C=C/C=C\CCCCCCCC(=O)OC)OO)OO. The summed E-state index contributed by atoms with van der Waals surface area (Å²) >= 11 is 0. The van der Waals surface area contributed by atoms with E-state index in [0.29, 0.717) is 12.8 Å². The smallest absolute Gasteiger partial charge is 0.305 e. The van der Waals surface area contributed by atoms with Crippen molar-refractivity contribution in [1.29, 1.82) is 0 Å². The molecular formula is C19H32O6. The number of methoxy groups -OCH3 is 1. The Bertz CT molecular complexity index is 403. The molecule has 0 saturated heterocycles. The highest BCUT2D eigenvalue weighted by Crippen LogP contribution is 2.09. The van der Waals surface area contributed by atoms with E-state index in [4.69, 9.17) is 10.5 Å². The molecule has 0 fully saturated rings. The molecule has 0 aromatic carbocycles. The summed E-state index contributed by atoms with van der Waals surface area (Å²) in [6.07, 6.45) is 17.0. The Labute approximate surface area is 150 Å². The molecule has 0 aliphatic heterocycles. The maximum atomic E-state index is 10.9. The van der Waals surface area contributed by atoms with Gasteiger partial charge in [0.1, 0.15) is 12.2 Å². The molecule has 0 aromatic heterocycles. The summed E-state index contributed by atoms with van der Waals surface area (Å²) < 4.78 is 4.60. The van der Waals surface area contributed by atoms with Crippen LogP contribution in [0.2, 0.25) is 0 Å². The van der Waals surface area contributed by atoms with Crippen molar-refractivity contribution < 1.29 is 29.8 Å². The van der Waals surface area contributed by atoms with Crippen LogP contribution in [0.25, 0.3) is 0 Å². The Hall–Kier alpha value is -1.47. The van der Waals surface area contributed by atoms with Crippen LogP contribution in [0.4, 0.5) is 0 Å². The van der Waals surface area contributed by atoms with Crippen LogP contribution in [-0.2, 0) is 19.3 Å². The maximum absolute atomic E-state index is 10.9. The van der Waals surface area contributed by atoms with Gasteiger partial charge in [0, 0.05) is 12.8 Å². The van der Waals surface area contributed by atoms with Crippen LogP contribution in [0.15, 0.2) is 36.5 Å². The zero-order valence-corrected chi connectivity index (χ0v) is 15.3. The lowest BCUT2D eigenvalue weighted by Crippen LogP contribution is -2.18. The molecule has 0 aromatic rings. The van der Waals surface area contributed by atoms with E-state index in [1.807, 2.05) is 13.0 Å². The molecule has 0 bridgehead atoms. The van der Waals surface area contributed by atoms with Crippen LogP contribution >= 0.6 is 0 Å². The summed E-state index contributed by atoms with van der Waals surface area (Å²) in [7, 11) is 1.42. The molecular weight excluding hydrogens is 324 g/mol. The molecule has 25 heavy (non-hydrogen) atoms. The molecule has 0 aliphatic rings. The Morgan fingerprint density at radius 2 is 1.60 bits per heavy atom. The van der Waals surface area contributed by atoms with Crippen molar-refractivity contribution in [1.82, 2.24) is 0 Å². The zero-order chi connectivity index (χ0) is 18.8. The number of carbonyl (C=O) groups is 1. The second-order valence-electron chi connectivity index (χ2n) is 5.74. The molecule has 0 spiro atoms. The molecule has 0 amide bonds. The van der Waals surface area contributed by atoms with E-state index in [1.54, 1.807) is 24.3 Å². The first-order valence-corrected chi connectivity index (χ1v) is 8.81. The lowest BCUT2D eigenvalue weighted by Gasteiger charge is -2.13. The van der Waals surface area contributed by atoms with E-state index < -0.39 is 12.2 Å². The monoisotopic (exact) mass is 356 g/mol. The first-order valence-electron chi connectivity index (χ1n) is 8.81. The molecule has 2 atom stereocenters. The molecule has 0 heterocycles. The lowest BCUT2D eigenvalue weighted by atomic mass is 10.1. The molecule has 2 N–H and O–H groups in total. The molecule has 0 radical (unpaired) electrons. The first-order chi connectivity index (χ1) is 12.2. The predicted molar refractivity (Wildman–Crippen MR) is 97.0 cm³/mol. The molecule has 6 heteroatoms. The van der Waals surface area contributed by atoms with Gasteiger partial charge in [-0.25, -0.2) is 9.78 Å². The van der Waals surface area contributed by atoms with Gasteiger partial charge in [-0.3, -0.25) is 15.3 Å². The van der Waals surface area contributed by atoms with Crippen molar-refractivity contribution in [3.63, 3.8) is 0 Å². The average Bonchev–Trinajstić information content (AvgIpc) is 2.63. The Morgan fingerprint density at radius 1 is 0.960 bits per heavy atom. The molecule has 2 unspecified atom stereocenters. The Balaban J connectivity index is 3.77. The van der Waals surface area contributed by atoms with Crippen molar-refractivity contribution >= 4 is 5.97 Å². The molecule has 0 aliphatic carbocycles. The summed E-state index contributed by atoms with van der Waals surface area (Å²) in [5, 5.41) is 17.6. The molecule has 0 rings (SSSR count). The van der Waals surface area contributed by atoms with Gasteiger partial charge >= 0.3 is 5.97 Å². The molecule has 144 valence electrons. The van der Waals surface area contributed by atoms with Crippen LogP contribution in [0.1, 0.15) is 58.3 Å². The first kappa shape index (κ1) is 23.5. The number of esters is 1. The topological polar surface area (TPSA) is 85.2 Å². The standard InChI is InChI=1S/C19H32O6/c1-3-13-17(24-21)16-18(25-22)14-11-9-7-5-4-6-8-10-12-15-19(20)23-2/h3,7,9,11,13-14,17-18,21-22H,4-6,8,10,12,15-16H2,1-2H3/b9-7-,13-3+,14-11+. The van der Waals surface area contributed by atoms with Gasteiger partial charge in [0.2, 0.25) is 0 Å². The lowest BCUT2D eigenvalue weighted by molar-refractivity contribution is -0.297.